The van der Waals surface area contributed by atoms with Gasteiger partial charge in [0.15, 0.2) is 9.84 Å². The molecule has 0 atom stereocenters. The average Bonchev–Trinajstić information content (AvgIpc) is 3.04. The minimum atomic E-state index is -3.42. The normalized spacial score (nSPS) is 11.7. The summed E-state index contributed by atoms with van der Waals surface area (Å²) in [5.41, 5.74) is 2.61. The molecule has 9 heteroatoms. The third-order valence-corrected chi connectivity index (χ3v) is 6.15. The lowest BCUT2D eigenvalue weighted by molar-refractivity contribution is 0.398. The van der Waals surface area contributed by atoms with E-state index < -0.39 is 9.84 Å². The summed E-state index contributed by atoms with van der Waals surface area (Å²) in [5, 5.41) is 0.784. The Hall–Kier alpha value is -2.68. The standard InChI is InChI=1S/C17H21N5O3S/c1-6-26(23,24)12-8-19-17(25-5)13(10(12)2)11-7-18-15-14(11)16(22(3)4)21-9-20-15/h7-9H,6H2,1-5H3,(H,18,20,21). The molecule has 0 aliphatic heterocycles. The monoisotopic (exact) mass is 375 g/mol. The van der Waals surface area contributed by atoms with Gasteiger partial charge in [-0.15, -0.1) is 0 Å². The first-order chi connectivity index (χ1) is 12.3. The van der Waals surface area contributed by atoms with Crippen LogP contribution in [0.15, 0.2) is 23.6 Å². The Morgan fingerprint density at radius 3 is 2.58 bits per heavy atom. The van der Waals surface area contributed by atoms with Crippen molar-refractivity contribution in [3.05, 3.63) is 24.3 Å². The molecule has 3 rings (SSSR count). The van der Waals surface area contributed by atoms with Gasteiger partial charge in [0, 0.05) is 32.1 Å². The minimum absolute atomic E-state index is 0.00122. The Balaban J connectivity index is 2.41. The van der Waals surface area contributed by atoms with E-state index in [1.807, 2.05) is 19.0 Å². The quantitative estimate of drug-likeness (QED) is 0.729. The number of ether oxygens (including phenoxy) is 1. The van der Waals surface area contributed by atoms with Gasteiger partial charge >= 0.3 is 0 Å². The van der Waals surface area contributed by atoms with Crippen LogP contribution in [0.25, 0.3) is 22.2 Å². The highest BCUT2D eigenvalue weighted by Crippen LogP contribution is 2.40. The molecule has 26 heavy (non-hydrogen) atoms. The third kappa shape index (κ3) is 2.78. The van der Waals surface area contributed by atoms with Gasteiger partial charge in [0.1, 0.15) is 17.8 Å². The van der Waals surface area contributed by atoms with E-state index in [1.165, 1.54) is 19.6 Å². The summed E-state index contributed by atoms with van der Waals surface area (Å²) in [4.78, 5) is 18.1. The molecule has 0 aliphatic rings. The van der Waals surface area contributed by atoms with Crippen LogP contribution in [-0.4, -0.2) is 55.3 Å². The van der Waals surface area contributed by atoms with Gasteiger partial charge in [-0.3, -0.25) is 0 Å². The zero-order chi connectivity index (χ0) is 19.1. The lowest BCUT2D eigenvalue weighted by atomic mass is 10.0. The van der Waals surface area contributed by atoms with Gasteiger partial charge in [-0.05, 0) is 12.5 Å². The van der Waals surface area contributed by atoms with Crippen molar-refractivity contribution >= 4 is 26.7 Å². The van der Waals surface area contributed by atoms with Crippen molar-refractivity contribution in [3.8, 4) is 17.0 Å². The number of methoxy groups -OCH3 is 1. The van der Waals surface area contributed by atoms with Crippen molar-refractivity contribution in [1.29, 1.82) is 0 Å². The molecular weight excluding hydrogens is 354 g/mol. The maximum absolute atomic E-state index is 12.5. The number of hydrogen-bond donors (Lipinski definition) is 1. The topological polar surface area (TPSA) is 101 Å². The summed E-state index contributed by atoms with van der Waals surface area (Å²) in [6.45, 7) is 3.38. The highest BCUT2D eigenvalue weighted by atomic mass is 32.2. The van der Waals surface area contributed by atoms with Crippen LogP contribution in [0, 0.1) is 6.92 Å². The second kappa shape index (κ2) is 6.56. The van der Waals surface area contributed by atoms with Crippen molar-refractivity contribution in [2.45, 2.75) is 18.7 Å². The average molecular weight is 375 g/mol. The van der Waals surface area contributed by atoms with E-state index in [1.54, 1.807) is 20.0 Å². The summed E-state index contributed by atoms with van der Waals surface area (Å²) in [7, 11) is 1.87. The van der Waals surface area contributed by atoms with Gasteiger partial charge in [0.25, 0.3) is 0 Å². The van der Waals surface area contributed by atoms with Crippen molar-refractivity contribution in [3.63, 3.8) is 0 Å². The predicted molar refractivity (Wildman–Crippen MR) is 100 cm³/mol. The predicted octanol–water partition coefficient (Wildman–Crippen LogP) is 2.20. The Bertz CT molecular complexity index is 1070. The molecule has 0 amide bonds. The molecular formula is C17H21N5O3S. The zero-order valence-electron chi connectivity index (χ0n) is 15.4. The fourth-order valence-electron chi connectivity index (χ4n) is 2.99. The van der Waals surface area contributed by atoms with Crippen LogP contribution >= 0.6 is 0 Å². The highest BCUT2D eigenvalue weighted by Gasteiger charge is 2.25. The van der Waals surface area contributed by atoms with Gasteiger partial charge in [0.2, 0.25) is 5.88 Å². The number of aromatic nitrogens is 4. The molecule has 0 spiro atoms. The number of anilines is 1. The first kappa shape index (κ1) is 18.1. The van der Waals surface area contributed by atoms with Crippen LogP contribution in [-0.2, 0) is 9.84 Å². The van der Waals surface area contributed by atoms with Crippen molar-refractivity contribution in [2.75, 3.05) is 31.9 Å². The second-order valence-electron chi connectivity index (χ2n) is 6.05. The summed E-state index contributed by atoms with van der Waals surface area (Å²) >= 11 is 0. The SMILES string of the molecule is CCS(=O)(=O)c1cnc(OC)c(-c2c[nH]c3ncnc(N(C)C)c23)c1C. The van der Waals surface area contributed by atoms with Crippen LogP contribution in [0.1, 0.15) is 12.5 Å². The fourth-order valence-corrected chi connectivity index (χ4v) is 4.08. The number of nitrogens with zero attached hydrogens (tertiary/aromatic N) is 4. The molecule has 0 bridgehead atoms. The molecule has 0 unspecified atom stereocenters. The van der Waals surface area contributed by atoms with Gasteiger partial charge in [0.05, 0.1) is 28.7 Å². The Labute approximate surface area is 152 Å². The molecule has 8 nitrogen and oxygen atoms in total. The molecule has 0 fully saturated rings. The molecule has 0 aromatic carbocycles. The van der Waals surface area contributed by atoms with Gasteiger partial charge in [-0.1, -0.05) is 6.92 Å². The maximum Gasteiger partial charge on any atom is 0.221 e. The van der Waals surface area contributed by atoms with Gasteiger partial charge in [-0.25, -0.2) is 23.4 Å². The Kier molecular flexibility index (Phi) is 4.57. The largest absolute Gasteiger partial charge is 0.481 e. The number of fused-ring (bicyclic) bond motifs is 1. The zero-order valence-corrected chi connectivity index (χ0v) is 16.2. The summed E-state index contributed by atoms with van der Waals surface area (Å²) in [5.74, 6) is 1.07. The smallest absolute Gasteiger partial charge is 0.221 e. The number of sulfone groups is 1. The van der Waals surface area contributed by atoms with E-state index in [2.05, 4.69) is 19.9 Å². The number of nitrogens with one attached hydrogen (secondary N) is 1. The molecule has 138 valence electrons. The third-order valence-electron chi connectivity index (χ3n) is 4.31. The Morgan fingerprint density at radius 2 is 1.96 bits per heavy atom. The van der Waals surface area contributed by atoms with Crippen molar-refractivity contribution < 1.29 is 13.2 Å². The lowest BCUT2D eigenvalue weighted by Crippen LogP contribution is -2.11. The summed E-state index contributed by atoms with van der Waals surface area (Å²) in [6, 6.07) is 0. The summed E-state index contributed by atoms with van der Waals surface area (Å²) < 4.78 is 30.3. The van der Waals surface area contributed by atoms with Crippen LogP contribution < -0.4 is 9.64 Å². The number of pyridine rings is 1. The first-order valence-electron chi connectivity index (χ1n) is 8.08. The Morgan fingerprint density at radius 1 is 1.23 bits per heavy atom. The molecule has 1 N–H and O–H groups in total. The minimum Gasteiger partial charge on any atom is -0.481 e. The van der Waals surface area contributed by atoms with Crippen LogP contribution in [0.5, 0.6) is 5.88 Å². The lowest BCUT2D eigenvalue weighted by Gasteiger charge is -2.16. The molecule has 0 saturated heterocycles. The first-order valence-corrected chi connectivity index (χ1v) is 9.73. The van der Waals surface area contributed by atoms with Crippen LogP contribution in [0.2, 0.25) is 0 Å². The number of H-pyrrole nitrogens is 1. The van der Waals surface area contributed by atoms with Crippen LogP contribution in [0.4, 0.5) is 5.82 Å². The summed E-state index contributed by atoms with van der Waals surface area (Å²) in [6.07, 6.45) is 4.62. The fraction of sp³-hybridized carbons (Fsp3) is 0.353. The van der Waals surface area contributed by atoms with Crippen molar-refractivity contribution in [1.82, 2.24) is 19.9 Å². The molecule has 3 aromatic heterocycles. The van der Waals surface area contributed by atoms with Crippen LogP contribution in [0.3, 0.4) is 0 Å². The molecule has 3 aromatic rings. The van der Waals surface area contributed by atoms with E-state index in [0.29, 0.717) is 22.7 Å². The number of aromatic amines is 1. The highest BCUT2D eigenvalue weighted by molar-refractivity contribution is 7.91. The van der Waals surface area contributed by atoms with E-state index in [4.69, 9.17) is 4.74 Å². The van der Waals surface area contributed by atoms with E-state index in [0.717, 1.165) is 16.8 Å². The van der Waals surface area contributed by atoms with E-state index in [-0.39, 0.29) is 10.6 Å². The van der Waals surface area contributed by atoms with Gasteiger partial charge in [-0.2, -0.15) is 0 Å². The number of hydrogen-bond acceptors (Lipinski definition) is 7. The van der Waals surface area contributed by atoms with E-state index >= 15 is 0 Å². The molecule has 0 radical (unpaired) electrons. The van der Waals surface area contributed by atoms with Crippen molar-refractivity contribution in [2.24, 2.45) is 0 Å². The molecule has 3 heterocycles. The molecule has 0 aliphatic carbocycles. The molecule has 0 saturated carbocycles. The maximum atomic E-state index is 12.5. The van der Waals surface area contributed by atoms with Gasteiger partial charge < -0.3 is 14.6 Å². The van der Waals surface area contributed by atoms with E-state index in [9.17, 15) is 8.42 Å². The number of rotatable bonds is 5. The second-order valence-corrected chi connectivity index (χ2v) is 8.30.